The summed E-state index contributed by atoms with van der Waals surface area (Å²) in [6, 6.07) is 14.4. The molecule has 0 bridgehead atoms. The Morgan fingerprint density at radius 2 is 1.84 bits per heavy atom. The van der Waals surface area contributed by atoms with Gasteiger partial charge in [-0.1, -0.05) is 36.4 Å². The Kier molecular flexibility index (Phi) is 5.66. The summed E-state index contributed by atoms with van der Waals surface area (Å²) in [7, 11) is 1.44. The molecule has 3 rings (SSSR count). The summed E-state index contributed by atoms with van der Waals surface area (Å²) in [6.07, 6.45) is 1.61. The number of benzene rings is 2. The first kappa shape index (κ1) is 17.4. The summed E-state index contributed by atoms with van der Waals surface area (Å²) in [5.41, 5.74) is 1.14. The summed E-state index contributed by atoms with van der Waals surface area (Å²) in [6.45, 7) is 1.67. The Hall–Kier alpha value is -2.40. The molecule has 0 saturated carbocycles. The quantitative estimate of drug-likeness (QED) is 0.832. The first-order valence-corrected chi connectivity index (χ1v) is 8.46. The molecule has 0 unspecified atom stereocenters. The van der Waals surface area contributed by atoms with E-state index in [4.69, 9.17) is 9.47 Å². The van der Waals surface area contributed by atoms with Gasteiger partial charge in [-0.15, -0.1) is 0 Å². The smallest absolute Gasteiger partial charge is 0.260 e. The monoisotopic (exact) mass is 343 g/mol. The first-order chi connectivity index (χ1) is 12.2. The van der Waals surface area contributed by atoms with E-state index in [-0.39, 0.29) is 23.3 Å². The molecule has 0 aliphatic carbocycles. The average Bonchev–Trinajstić information content (AvgIpc) is 2.67. The highest BCUT2D eigenvalue weighted by Gasteiger charge is 2.27. The molecule has 0 atom stereocenters. The number of piperidine rings is 1. The molecule has 2 aromatic rings. The number of amides is 1. The number of methoxy groups -OCH3 is 1. The third-order valence-corrected chi connectivity index (χ3v) is 4.47. The fraction of sp³-hybridized carbons (Fsp3) is 0.350. The third-order valence-electron chi connectivity index (χ3n) is 4.47. The van der Waals surface area contributed by atoms with Gasteiger partial charge >= 0.3 is 0 Å². The summed E-state index contributed by atoms with van der Waals surface area (Å²) in [5.74, 6) is -0.601. The molecule has 1 saturated heterocycles. The largest absolute Gasteiger partial charge is 0.496 e. The van der Waals surface area contributed by atoms with E-state index in [0.29, 0.717) is 19.7 Å². The molecule has 1 aliphatic heterocycles. The van der Waals surface area contributed by atoms with Gasteiger partial charge in [-0.25, -0.2) is 4.39 Å². The van der Waals surface area contributed by atoms with Crippen LogP contribution in [0.3, 0.4) is 0 Å². The van der Waals surface area contributed by atoms with Crippen molar-refractivity contribution in [2.75, 3.05) is 20.2 Å². The van der Waals surface area contributed by atoms with Crippen molar-refractivity contribution in [1.29, 1.82) is 0 Å². The van der Waals surface area contributed by atoms with Crippen LogP contribution in [0.15, 0.2) is 48.5 Å². The Morgan fingerprint density at radius 1 is 1.12 bits per heavy atom. The zero-order chi connectivity index (χ0) is 17.6. The number of halogens is 1. The summed E-state index contributed by atoms with van der Waals surface area (Å²) >= 11 is 0. The zero-order valence-electron chi connectivity index (χ0n) is 14.3. The van der Waals surface area contributed by atoms with Crippen LogP contribution in [0.1, 0.15) is 28.8 Å². The summed E-state index contributed by atoms with van der Waals surface area (Å²) < 4.78 is 25.1. The number of carbonyl (C=O) groups excluding carboxylic acids is 1. The number of hydrogen-bond donors (Lipinski definition) is 0. The van der Waals surface area contributed by atoms with Gasteiger partial charge in [-0.3, -0.25) is 4.79 Å². The topological polar surface area (TPSA) is 38.8 Å². The molecule has 132 valence electrons. The maximum absolute atomic E-state index is 14.1. The molecule has 2 aromatic carbocycles. The molecule has 0 radical (unpaired) electrons. The molecule has 1 amide bonds. The van der Waals surface area contributed by atoms with Crippen molar-refractivity contribution in [3.05, 3.63) is 65.5 Å². The first-order valence-electron chi connectivity index (χ1n) is 8.46. The lowest BCUT2D eigenvalue weighted by molar-refractivity contribution is -0.000528. The van der Waals surface area contributed by atoms with Gasteiger partial charge in [0.1, 0.15) is 17.1 Å². The van der Waals surface area contributed by atoms with E-state index in [1.54, 1.807) is 11.0 Å². The lowest BCUT2D eigenvalue weighted by Crippen LogP contribution is -2.41. The van der Waals surface area contributed by atoms with Gasteiger partial charge in [0, 0.05) is 13.1 Å². The van der Waals surface area contributed by atoms with Crippen molar-refractivity contribution < 1.29 is 18.7 Å². The van der Waals surface area contributed by atoms with E-state index in [1.165, 1.54) is 19.2 Å². The number of hydrogen-bond acceptors (Lipinski definition) is 3. The van der Waals surface area contributed by atoms with E-state index >= 15 is 0 Å². The lowest BCUT2D eigenvalue weighted by atomic mass is 10.1. The van der Waals surface area contributed by atoms with E-state index in [9.17, 15) is 9.18 Å². The number of rotatable bonds is 5. The Morgan fingerprint density at radius 3 is 2.52 bits per heavy atom. The van der Waals surface area contributed by atoms with Crippen molar-refractivity contribution in [3.63, 3.8) is 0 Å². The second-order valence-corrected chi connectivity index (χ2v) is 6.11. The Bertz CT molecular complexity index is 712. The fourth-order valence-corrected chi connectivity index (χ4v) is 3.05. The molecule has 1 fully saturated rings. The van der Waals surface area contributed by atoms with E-state index in [1.807, 2.05) is 30.3 Å². The third kappa shape index (κ3) is 4.17. The highest BCUT2D eigenvalue weighted by molar-refractivity contribution is 5.97. The van der Waals surface area contributed by atoms with Crippen LogP contribution in [0, 0.1) is 5.82 Å². The molecular formula is C20H22FNO3. The van der Waals surface area contributed by atoms with Crippen LogP contribution in [0.5, 0.6) is 5.75 Å². The van der Waals surface area contributed by atoms with Crippen LogP contribution in [-0.2, 0) is 11.3 Å². The second kappa shape index (κ2) is 8.12. The van der Waals surface area contributed by atoms with Crippen molar-refractivity contribution in [2.24, 2.45) is 0 Å². The predicted octanol–water partition coefficient (Wildman–Crippen LogP) is 3.66. The van der Waals surface area contributed by atoms with E-state index < -0.39 is 5.82 Å². The molecule has 1 heterocycles. The minimum Gasteiger partial charge on any atom is -0.496 e. The van der Waals surface area contributed by atoms with Gasteiger partial charge in [-0.2, -0.15) is 0 Å². The van der Waals surface area contributed by atoms with Gasteiger partial charge < -0.3 is 14.4 Å². The number of ether oxygens (including phenoxy) is 2. The number of carbonyl (C=O) groups is 1. The number of likely N-dealkylation sites (tertiary alicyclic amines) is 1. The molecule has 4 nitrogen and oxygen atoms in total. The molecule has 5 heteroatoms. The zero-order valence-corrected chi connectivity index (χ0v) is 14.3. The molecule has 0 aromatic heterocycles. The summed E-state index contributed by atoms with van der Waals surface area (Å²) in [4.78, 5) is 14.3. The molecular weight excluding hydrogens is 321 g/mol. The predicted molar refractivity (Wildman–Crippen MR) is 93.1 cm³/mol. The highest BCUT2D eigenvalue weighted by atomic mass is 19.1. The minimum absolute atomic E-state index is 0.00801. The van der Waals surface area contributed by atoms with Crippen molar-refractivity contribution in [2.45, 2.75) is 25.6 Å². The lowest BCUT2D eigenvalue weighted by Gasteiger charge is -2.32. The summed E-state index contributed by atoms with van der Waals surface area (Å²) in [5, 5.41) is 0. The maximum atomic E-state index is 14.1. The van der Waals surface area contributed by atoms with Gasteiger partial charge in [0.15, 0.2) is 0 Å². The van der Waals surface area contributed by atoms with Crippen LogP contribution in [0.4, 0.5) is 4.39 Å². The van der Waals surface area contributed by atoms with Gasteiger partial charge in [0.05, 0.1) is 19.8 Å². The van der Waals surface area contributed by atoms with Gasteiger partial charge in [0.2, 0.25) is 0 Å². The normalized spacial score (nSPS) is 15.2. The van der Waals surface area contributed by atoms with Crippen LogP contribution in [0.2, 0.25) is 0 Å². The molecule has 0 spiro atoms. The Balaban J connectivity index is 1.56. The Labute approximate surface area is 147 Å². The second-order valence-electron chi connectivity index (χ2n) is 6.11. The minimum atomic E-state index is -0.549. The molecule has 25 heavy (non-hydrogen) atoms. The standard InChI is InChI=1S/C20H22FNO3/c1-24-18-9-5-8-17(21)19(18)20(23)22-12-10-16(11-13-22)25-14-15-6-3-2-4-7-15/h2-9,16H,10-14H2,1H3. The fourth-order valence-electron chi connectivity index (χ4n) is 3.05. The maximum Gasteiger partial charge on any atom is 0.260 e. The van der Waals surface area contributed by atoms with Crippen molar-refractivity contribution in [1.82, 2.24) is 4.90 Å². The SMILES string of the molecule is COc1cccc(F)c1C(=O)N1CCC(OCc2ccccc2)CC1. The van der Waals surface area contributed by atoms with Crippen molar-refractivity contribution >= 4 is 5.91 Å². The number of nitrogens with zero attached hydrogens (tertiary/aromatic N) is 1. The highest BCUT2D eigenvalue weighted by Crippen LogP contribution is 2.25. The average molecular weight is 343 g/mol. The van der Waals surface area contributed by atoms with Gasteiger partial charge in [0.25, 0.3) is 5.91 Å². The van der Waals surface area contributed by atoms with E-state index in [0.717, 1.165) is 18.4 Å². The van der Waals surface area contributed by atoms with Crippen LogP contribution in [0.25, 0.3) is 0 Å². The molecule has 1 aliphatic rings. The van der Waals surface area contributed by atoms with Crippen LogP contribution >= 0.6 is 0 Å². The van der Waals surface area contributed by atoms with Crippen molar-refractivity contribution in [3.8, 4) is 5.75 Å². The van der Waals surface area contributed by atoms with Gasteiger partial charge in [-0.05, 0) is 30.5 Å². The van der Waals surface area contributed by atoms with Crippen LogP contribution < -0.4 is 4.74 Å². The molecule has 0 N–H and O–H groups in total. The van der Waals surface area contributed by atoms with Crippen LogP contribution in [-0.4, -0.2) is 37.1 Å². The van der Waals surface area contributed by atoms with E-state index in [2.05, 4.69) is 0 Å².